The largest absolute Gasteiger partial charge is 0.488 e. The smallest absolute Gasteiger partial charge is 0.410 e. The van der Waals surface area contributed by atoms with Gasteiger partial charge in [-0.15, -0.1) is 0 Å². The van der Waals surface area contributed by atoms with E-state index in [-0.39, 0.29) is 42.0 Å². The molecule has 3 aliphatic heterocycles. The van der Waals surface area contributed by atoms with Crippen molar-refractivity contribution < 1.29 is 33.3 Å². The molecule has 3 amide bonds. The predicted octanol–water partition coefficient (Wildman–Crippen LogP) is 7.65. The van der Waals surface area contributed by atoms with Gasteiger partial charge in [0.05, 0.1) is 48.7 Å². The topological polar surface area (TPSA) is 164 Å². The number of hydrogen-bond acceptors (Lipinski definition) is 9. The Morgan fingerprint density at radius 1 is 0.983 bits per heavy atom. The van der Waals surface area contributed by atoms with Crippen LogP contribution in [0.2, 0.25) is 0 Å². The molecule has 14 heteroatoms. The summed E-state index contributed by atoms with van der Waals surface area (Å²) in [5.74, 6) is 2.67. The number of benzene rings is 3. The summed E-state index contributed by atoms with van der Waals surface area (Å²) >= 11 is 0. The minimum absolute atomic E-state index is 0.103. The molecule has 3 fully saturated rings. The maximum Gasteiger partial charge on any atom is 0.410 e. The van der Waals surface area contributed by atoms with E-state index in [1.165, 1.54) is 7.11 Å². The first kappa shape index (κ1) is 37.9. The highest BCUT2D eigenvalue weighted by Crippen LogP contribution is 2.53. The number of alkyl carbamates (subject to hydrolysis) is 1. The number of H-pyrrole nitrogens is 2. The molecule has 0 bridgehead atoms. The molecule has 2 unspecified atom stereocenters. The summed E-state index contributed by atoms with van der Waals surface area (Å²) in [7, 11) is 2.99. The van der Waals surface area contributed by atoms with E-state index in [9.17, 15) is 14.4 Å². The number of nitrogens with one attached hydrogen (secondary N) is 3. The molecular formula is C44H51N7O7. The molecular weight excluding hydrogens is 739 g/mol. The minimum Gasteiger partial charge on any atom is -0.488 e. The second kappa shape index (κ2) is 14.3. The number of amides is 3. The summed E-state index contributed by atoms with van der Waals surface area (Å²) in [5.41, 5.74) is 6.12. The molecule has 2 aromatic heterocycles. The number of likely N-dealkylation sites (tertiary alicyclic amines) is 2. The van der Waals surface area contributed by atoms with Gasteiger partial charge in [-0.1, -0.05) is 32.0 Å². The van der Waals surface area contributed by atoms with Crippen LogP contribution in [-0.2, 0) is 25.6 Å². The van der Waals surface area contributed by atoms with Crippen molar-refractivity contribution in [3.63, 3.8) is 0 Å². The molecule has 5 heterocycles. The number of nitrogens with zero attached hydrogens (tertiary/aromatic N) is 4. The lowest BCUT2D eigenvalue weighted by Gasteiger charge is -2.31. The van der Waals surface area contributed by atoms with Crippen LogP contribution >= 0.6 is 0 Å². The second-order valence-corrected chi connectivity index (χ2v) is 17.6. The van der Waals surface area contributed by atoms with Crippen LogP contribution < -0.4 is 10.1 Å². The number of hydrogen-bond donors (Lipinski definition) is 3. The Kier molecular flexibility index (Phi) is 9.37. The molecule has 0 radical (unpaired) electrons. The molecule has 5 aromatic rings. The number of carbonyl (C=O) groups is 3. The standard InChI is InChI=1S/C44H51N7O7/c1-22(2)37(49-42(53)56-7)41(52)51-33-15-26(33)16-35(51)39-45-18-32(47-39)25-8-10-28-27(13-25)21-57-36-17-29-24(14-30(28)36)9-11-31-38(29)48-40(46-31)34-12-23(20-55-6)19-50(34)43(54)58-44(3,4)5/h8-11,13-14,17-18,22-23,26,33-35,37H,12,15-16,19-21H2,1-7H3,(H,45,47)(H,46,48)(H,49,53)/t23-,26+,33?,34?,35-,37-/m0/s1. The van der Waals surface area contributed by atoms with Crippen molar-refractivity contribution in [3.8, 4) is 28.1 Å². The Bertz CT molecular complexity index is 2430. The zero-order chi connectivity index (χ0) is 40.6. The number of methoxy groups -OCH3 is 2. The van der Waals surface area contributed by atoms with Crippen LogP contribution in [0.1, 0.15) is 83.2 Å². The van der Waals surface area contributed by atoms with Gasteiger partial charge in [-0.25, -0.2) is 19.6 Å². The van der Waals surface area contributed by atoms with Gasteiger partial charge in [0.15, 0.2) is 0 Å². The summed E-state index contributed by atoms with van der Waals surface area (Å²) < 4.78 is 22.5. The van der Waals surface area contributed by atoms with Crippen LogP contribution in [0.5, 0.6) is 5.75 Å². The van der Waals surface area contributed by atoms with Crippen LogP contribution in [-0.4, -0.2) is 92.9 Å². The normalized spacial score (nSPS) is 22.7. The van der Waals surface area contributed by atoms with E-state index in [1.54, 1.807) is 12.0 Å². The van der Waals surface area contributed by atoms with Crippen LogP contribution in [0, 0.1) is 17.8 Å². The Morgan fingerprint density at radius 2 is 1.81 bits per heavy atom. The number of imidazole rings is 2. The molecule has 1 aliphatic carbocycles. The lowest BCUT2D eigenvalue weighted by atomic mass is 9.92. The maximum atomic E-state index is 13.9. The zero-order valence-corrected chi connectivity index (χ0v) is 34.0. The quantitative estimate of drug-likeness (QED) is 0.143. The summed E-state index contributed by atoms with van der Waals surface area (Å²) in [4.78, 5) is 59.9. The predicted molar refractivity (Wildman–Crippen MR) is 217 cm³/mol. The fourth-order valence-electron chi connectivity index (χ4n) is 9.23. The number of carbonyl (C=O) groups excluding carboxylic acids is 3. The number of aromatic amines is 2. The first-order valence-electron chi connectivity index (χ1n) is 20.2. The van der Waals surface area contributed by atoms with Crippen molar-refractivity contribution in [2.24, 2.45) is 17.8 Å². The van der Waals surface area contributed by atoms with Crippen molar-refractivity contribution in [1.82, 2.24) is 35.1 Å². The Balaban J connectivity index is 0.973. The van der Waals surface area contributed by atoms with E-state index >= 15 is 0 Å². The fraction of sp³-hybridized carbons (Fsp3) is 0.477. The molecule has 58 heavy (non-hydrogen) atoms. The first-order valence-corrected chi connectivity index (χ1v) is 20.2. The van der Waals surface area contributed by atoms with Gasteiger partial charge in [-0.3, -0.25) is 9.69 Å². The van der Waals surface area contributed by atoms with Crippen molar-refractivity contribution >= 4 is 39.9 Å². The van der Waals surface area contributed by atoms with Gasteiger partial charge >= 0.3 is 12.2 Å². The lowest BCUT2D eigenvalue weighted by Crippen LogP contribution is -2.52. The number of aromatic nitrogens is 4. The fourth-order valence-corrected chi connectivity index (χ4v) is 9.23. The molecule has 14 nitrogen and oxygen atoms in total. The molecule has 2 saturated heterocycles. The Hall–Kier alpha value is -5.63. The Morgan fingerprint density at radius 3 is 2.57 bits per heavy atom. The molecule has 3 N–H and O–H groups in total. The average Bonchev–Trinajstić information content (AvgIpc) is 3.66. The molecule has 9 rings (SSSR count). The van der Waals surface area contributed by atoms with E-state index in [2.05, 4.69) is 51.7 Å². The van der Waals surface area contributed by atoms with Gasteiger partial charge in [0.2, 0.25) is 5.91 Å². The minimum atomic E-state index is -0.685. The van der Waals surface area contributed by atoms with Crippen molar-refractivity contribution in [3.05, 3.63) is 65.9 Å². The Labute approximate surface area is 337 Å². The van der Waals surface area contributed by atoms with Crippen molar-refractivity contribution in [2.75, 3.05) is 27.4 Å². The van der Waals surface area contributed by atoms with Gasteiger partial charge in [0.25, 0.3) is 0 Å². The monoisotopic (exact) mass is 789 g/mol. The lowest BCUT2D eigenvalue weighted by molar-refractivity contribution is -0.136. The third-order valence-corrected chi connectivity index (χ3v) is 12.1. The third-order valence-electron chi connectivity index (χ3n) is 12.1. The summed E-state index contributed by atoms with van der Waals surface area (Å²) in [6, 6.07) is 13.8. The van der Waals surface area contributed by atoms with Gasteiger partial charge in [-0.2, -0.15) is 0 Å². The first-order chi connectivity index (χ1) is 27.8. The van der Waals surface area contributed by atoms with Crippen LogP contribution in [0.15, 0.2) is 48.7 Å². The highest BCUT2D eigenvalue weighted by Gasteiger charge is 2.56. The van der Waals surface area contributed by atoms with E-state index in [4.69, 9.17) is 28.9 Å². The number of rotatable bonds is 8. The number of ether oxygens (including phenoxy) is 4. The summed E-state index contributed by atoms with van der Waals surface area (Å²) in [6.45, 7) is 11.0. The van der Waals surface area contributed by atoms with E-state index in [0.717, 1.165) is 86.4 Å². The van der Waals surface area contributed by atoms with E-state index < -0.39 is 17.7 Å². The molecule has 3 aromatic carbocycles. The van der Waals surface area contributed by atoms with Gasteiger partial charge in [0, 0.05) is 36.6 Å². The number of piperidine rings is 1. The molecule has 6 atom stereocenters. The van der Waals surface area contributed by atoms with Crippen molar-refractivity contribution in [2.45, 2.75) is 90.3 Å². The van der Waals surface area contributed by atoms with Gasteiger partial charge < -0.3 is 39.1 Å². The average molecular weight is 790 g/mol. The van der Waals surface area contributed by atoms with Gasteiger partial charge in [-0.05, 0) is 98.2 Å². The van der Waals surface area contributed by atoms with Gasteiger partial charge in [0.1, 0.15) is 35.6 Å². The van der Waals surface area contributed by atoms with Crippen LogP contribution in [0.3, 0.4) is 0 Å². The van der Waals surface area contributed by atoms with Crippen LogP contribution in [0.4, 0.5) is 9.59 Å². The molecule has 1 saturated carbocycles. The maximum absolute atomic E-state index is 13.9. The molecule has 304 valence electrons. The highest BCUT2D eigenvalue weighted by molar-refractivity contribution is 6.07. The summed E-state index contributed by atoms with van der Waals surface area (Å²) in [6.07, 6.45) is 3.39. The number of fused-ring (bicyclic) bond motifs is 7. The third kappa shape index (κ3) is 6.80. The molecule has 0 spiro atoms. The SMILES string of the molecule is COC[C@H]1CC(c2nc3ccc4cc5c(cc4c3[nH]2)OCc2cc(-c3cnc([C@@H]4C[C@H]6CC6N4C(=O)[C@@H](NC(=O)OC)C(C)C)[nH]3)ccc2-5)N(C(=O)OC(C)(C)C)C1. The second-order valence-electron chi connectivity index (χ2n) is 17.6. The van der Waals surface area contributed by atoms with E-state index in [0.29, 0.717) is 25.7 Å². The molecule has 4 aliphatic rings. The van der Waals surface area contributed by atoms with E-state index in [1.807, 2.05) is 51.8 Å². The summed E-state index contributed by atoms with van der Waals surface area (Å²) in [5, 5.41) is 4.78. The zero-order valence-electron chi connectivity index (χ0n) is 34.0. The van der Waals surface area contributed by atoms with Crippen LogP contribution in [0.25, 0.3) is 44.2 Å². The van der Waals surface area contributed by atoms with Crippen molar-refractivity contribution in [1.29, 1.82) is 0 Å². The highest BCUT2D eigenvalue weighted by atomic mass is 16.6.